The van der Waals surface area contributed by atoms with Gasteiger partial charge in [-0.05, 0) is 31.2 Å². The molecule has 0 heterocycles. The molecule has 1 aromatic carbocycles. The maximum atomic E-state index is 10.9. The van der Waals surface area contributed by atoms with Crippen LogP contribution in [0, 0.1) is 16.0 Å². The minimum absolute atomic E-state index is 0.112. The number of aliphatic hydroxyl groups is 1. The first-order chi connectivity index (χ1) is 8.40. The molecular weight excluding hydrogens is 298 g/mol. The summed E-state index contributed by atoms with van der Waals surface area (Å²) in [6, 6.07) is 5.03. The average molecular weight is 316 g/mol. The summed E-state index contributed by atoms with van der Waals surface area (Å²) in [6.07, 6.45) is 1.41. The second kappa shape index (κ2) is 6.85. The molecule has 0 radical (unpaired) electrons. The van der Waals surface area contributed by atoms with E-state index in [1.165, 1.54) is 6.07 Å². The van der Waals surface area contributed by atoms with Crippen LogP contribution in [0.4, 0.5) is 5.69 Å². The van der Waals surface area contributed by atoms with Crippen LogP contribution in [-0.4, -0.2) is 16.1 Å². The van der Waals surface area contributed by atoms with E-state index < -0.39 is 6.10 Å². The van der Waals surface area contributed by atoms with Crippen molar-refractivity contribution >= 4 is 21.6 Å². The van der Waals surface area contributed by atoms with E-state index in [9.17, 15) is 15.2 Å². The van der Waals surface area contributed by atoms with Crippen molar-refractivity contribution < 1.29 is 10.0 Å². The Balaban J connectivity index is 2.70. The molecule has 0 aliphatic carbocycles. The largest absolute Gasteiger partial charge is 0.393 e. The molecule has 0 saturated heterocycles. The molecule has 100 valence electrons. The highest BCUT2D eigenvalue weighted by molar-refractivity contribution is 9.10. The summed E-state index contributed by atoms with van der Waals surface area (Å²) in [5.74, 6) is 0.430. The molecule has 0 fully saturated rings. The molecule has 1 rings (SSSR count). The maximum absolute atomic E-state index is 10.9. The molecule has 1 unspecified atom stereocenters. The van der Waals surface area contributed by atoms with Gasteiger partial charge in [0.1, 0.15) is 0 Å². The summed E-state index contributed by atoms with van der Waals surface area (Å²) >= 11 is 3.22. The van der Waals surface area contributed by atoms with E-state index in [1.807, 2.05) is 13.8 Å². The molecule has 4 nitrogen and oxygen atoms in total. The topological polar surface area (TPSA) is 63.4 Å². The maximum Gasteiger partial charge on any atom is 0.273 e. The van der Waals surface area contributed by atoms with E-state index in [4.69, 9.17) is 0 Å². The Morgan fingerprint density at radius 2 is 2.11 bits per heavy atom. The lowest BCUT2D eigenvalue weighted by molar-refractivity contribution is -0.385. The Morgan fingerprint density at radius 3 is 2.67 bits per heavy atom. The van der Waals surface area contributed by atoms with Gasteiger partial charge in [0.2, 0.25) is 0 Å². The molecule has 1 atom stereocenters. The monoisotopic (exact) mass is 315 g/mol. The fraction of sp³-hybridized carbons (Fsp3) is 0.538. The standard InChI is InChI=1S/C13H18BrNO3/c1-9(2)7-12(16)6-4-10-3-5-11(14)8-13(10)15(17)18/h3,5,8-9,12,16H,4,6-7H2,1-2H3. The quantitative estimate of drug-likeness (QED) is 0.643. The predicted octanol–water partition coefficient (Wildman–Crippen LogP) is 3.70. The van der Waals surface area contributed by atoms with Gasteiger partial charge in [0, 0.05) is 16.1 Å². The normalized spacial score (nSPS) is 12.7. The second-order valence-corrected chi connectivity index (χ2v) is 5.77. The van der Waals surface area contributed by atoms with Gasteiger partial charge >= 0.3 is 0 Å². The first-order valence-electron chi connectivity index (χ1n) is 6.01. The fourth-order valence-corrected chi connectivity index (χ4v) is 2.25. The van der Waals surface area contributed by atoms with Gasteiger partial charge in [0.15, 0.2) is 0 Å². The number of aliphatic hydroxyl groups excluding tert-OH is 1. The van der Waals surface area contributed by atoms with Crippen LogP contribution in [0.5, 0.6) is 0 Å². The summed E-state index contributed by atoms with van der Waals surface area (Å²) in [5.41, 5.74) is 0.784. The molecule has 0 amide bonds. The van der Waals surface area contributed by atoms with Gasteiger partial charge in [0.25, 0.3) is 5.69 Å². The Hall–Kier alpha value is -0.940. The van der Waals surface area contributed by atoms with Crippen LogP contribution in [-0.2, 0) is 6.42 Å². The van der Waals surface area contributed by atoms with Crippen molar-refractivity contribution in [2.24, 2.45) is 5.92 Å². The number of hydrogen-bond acceptors (Lipinski definition) is 3. The van der Waals surface area contributed by atoms with Gasteiger partial charge < -0.3 is 5.11 Å². The highest BCUT2D eigenvalue weighted by Gasteiger charge is 2.15. The summed E-state index contributed by atoms with van der Waals surface area (Å²) in [4.78, 5) is 10.5. The lowest BCUT2D eigenvalue weighted by Gasteiger charge is -2.12. The molecule has 0 bridgehead atoms. The number of halogens is 1. The van der Waals surface area contributed by atoms with Crippen molar-refractivity contribution in [3.63, 3.8) is 0 Å². The van der Waals surface area contributed by atoms with Gasteiger partial charge in [-0.3, -0.25) is 10.1 Å². The van der Waals surface area contributed by atoms with Crippen molar-refractivity contribution in [1.29, 1.82) is 0 Å². The molecule has 5 heteroatoms. The molecule has 0 spiro atoms. The third-order valence-electron chi connectivity index (χ3n) is 2.73. The SMILES string of the molecule is CC(C)CC(O)CCc1ccc(Br)cc1[N+](=O)[O-]. The third-order valence-corrected chi connectivity index (χ3v) is 3.23. The molecule has 1 aromatic rings. The van der Waals surface area contributed by atoms with Crippen LogP contribution in [0.1, 0.15) is 32.3 Å². The predicted molar refractivity (Wildman–Crippen MR) is 74.6 cm³/mol. The van der Waals surface area contributed by atoms with Crippen LogP contribution in [0.15, 0.2) is 22.7 Å². The van der Waals surface area contributed by atoms with Crippen LogP contribution < -0.4 is 0 Å². The molecule has 18 heavy (non-hydrogen) atoms. The Labute approximate surface area is 115 Å². The van der Waals surface area contributed by atoms with E-state index >= 15 is 0 Å². The summed E-state index contributed by atoms with van der Waals surface area (Å²) in [6.45, 7) is 4.09. The zero-order valence-electron chi connectivity index (χ0n) is 10.6. The number of nitrogens with zero attached hydrogens (tertiary/aromatic N) is 1. The average Bonchev–Trinajstić information content (AvgIpc) is 2.26. The van der Waals surface area contributed by atoms with Crippen molar-refractivity contribution in [3.05, 3.63) is 38.3 Å². The van der Waals surface area contributed by atoms with Crippen molar-refractivity contribution in [1.82, 2.24) is 0 Å². The van der Waals surface area contributed by atoms with Gasteiger partial charge in [-0.25, -0.2) is 0 Å². The number of hydrogen-bond donors (Lipinski definition) is 1. The molecule has 1 N–H and O–H groups in total. The molecule has 0 aromatic heterocycles. The highest BCUT2D eigenvalue weighted by Crippen LogP contribution is 2.25. The molecule has 0 aliphatic heterocycles. The van der Waals surface area contributed by atoms with E-state index in [-0.39, 0.29) is 10.6 Å². The Morgan fingerprint density at radius 1 is 1.44 bits per heavy atom. The van der Waals surface area contributed by atoms with Crippen LogP contribution in [0.2, 0.25) is 0 Å². The van der Waals surface area contributed by atoms with Gasteiger partial charge in [0.05, 0.1) is 11.0 Å². The fourth-order valence-electron chi connectivity index (χ4n) is 1.90. The number of nitro benzene ring substituents is 1. The van der Waals surface area contributed by atoms with Crippen LogP contribution >= 0.6 is 15.9 Å². The molecule has 0 saturated carbocycles. The van der Waals surface area contributed by atoms with Gasteiger partial charge in [-0.1, -0.05) is 35.8 Å². The minimum Gasteiger partial charge on any atom is -0.393 e. The van der Waals surface area contributed by atoms with E-state index in [2.05, 4.69) is 15.9 Å². The van der Waals surface area contributed by atoms with Crippen molar-refractivity contribution in [3.8, 4) is 0 Å². The lowest BCUT2D eigenvalue weighted by Crippen LogP contribution is -2.11. The molecule has 0 aliphatic rings. The lowest BCUT2D eigenvalue weighted by atomic mass is 9.99. The first-order valence-corrected chi connectivity index (χ1v) is 6.80. The van der Waals surface area contributed by atoms with E-state index in [0.29, 0.717) is 28.8 Å². The van der Waals surface area contributed by atoms with Gasteiger partial charge in [-0.15, -0.1) is 0 Å². The minimum atomic E-state index is -0.395. The van der Waals surface area contributed by atoms with Crippen molar-refractivity contribution in [2.45, 2.75) is 39.2 Å². The van der Waals surface area contributed by atoms with Gasteiger partial charge in [-0.2, -0.15) is 0 Å². The summed E-state index contributed by atoms with van der Waals surface area (Å²) in [7, 11) is 0. The first kappa shape index (κ1) is 15.1. The number of benzene rings is 1. The van der Waals surface area contributed by atoms with E-state index in [1.54, 1.807) is 12.1 Å². The number of aryl methyl sites for hydroxylation is 1. The summed E-state index contributed by atoms with van der Waals surface area (Å²) in [5, 5.41) is 20.7. The van der Waals surface area contributed by atoms with E-state index in [0.717, 1.165) is 6.42 Å². The van der Waals surface area contributed by atoms with Crippen molar-refractivity contribution in [2.75, 3.05) is 0 Å². The number of nitro groups is 1. The van der Waals surface area contributed by atoms with Crippen LogP contribution in [0.3, 0.4) is 0 Å². The molecular formula is C13H18BrNO3. The second-order valence-electron chi connectivity index (χ2n) is 4.85. The number of rotatable bonds is 6. The smallest absolute Gasteiger partial charge is 0.273 e. The summed E-state index contributed by atoms with van der Waals surface area (Å²) < 4.78 is 0.695. The Kier molecular flexibility index (Phi) is 5.75. The third kappa shape index (κ3) is 4.74. The van der Waals surface area contributed by atoms with Crippen LogP contribution in [0.25, 0.3) is 0 Å². The Bertz CT molecular complexity index is 421. The zero-order chi connectivity index (χ0) is 13.7. The highest BCUT2D eigenvalue weighted by atomic mass is 79.9. The zero-order valence-corrected chi connectivity index (χ0v) is 12.2.